The van der Waals surface area contributed by atoms with Gasteiger partial charge in [0.05, 0.1) is 11.4 Å². The SMILES string of the molecule is CCNC(=O)c1ccc(N2CCN(C)CC2C)c(N)c1. The maximum Gasteiger partial charge on any atom is 0.251 e. The van der Waals surface area contributed by atoms with Crippen LogP contribution in [-0.2, 0) is 0 Å². The minimum Gasteiger partial charge on any atom is -0.397 e. The Hall–Kier alpha value is -1.75. The van der Waals surface area contributed by atoms with E-state index in [2.05, 4.69) is 29.1 Å². The molecule has 1 heterocycles. The highest BCUT2D eigenvalue weighted by Gasteiger charge is 2.23. The Labute approximate surface area is 120 Å². The molecule has 5 heteroatoms. The van der Waals surface area contributed by atoms with Crippen molar-refractivity contribution in [3.63, 3.8) is 0 Å². The summed E-state index contributed by atoms with van der Waals surface area (Å²) in [6.07, 6.45) is 0. The van der Waals surface area contributed by atoms with Crippen LogP contribution < -0.4 is 16.0 Å². The predicted octanol–water partition coefficient (Wildman–Crippen LogP) is 1.16. The minimum atomic E-state index is -0.0721. The number of nitrogens with zero attached hydrogens (tertiary/aromatic N) is 2. The van der Waals surface area contributed by atoms with Crippen molar-refractivity contribution >= 4 is 17.3 Å². The van der Waals surface area contributed by atoms with Crippen molar-refractivity contribution in [3.8, 4) is 0 Å². The number of amides is 1. The van der Waals surface area contributed by atoms with Crippen LogP contribution in [0.25, 0.3) is 0 Å². The van der Waals surface area contributed by atoms with Crippen molar-refractivity contribution in [2.24, 2.45) is 0 Å². The molecule has 1 amide bonds. The first-order valence-corrected chi connectivity index (χ1v) is 7.15. The van der Waals surface area contributed by atoms with E-state index in [1.807, 2.05) is 19.1 Å². The number of anilines is 2. The lowest BCUT2D eigenvalue weighted by atomic mass is 10.1. The first kappa shape index (κ1) is 14.7. The van der Waals surface area contributed by atoms with E-state index < -0.39 is 0 Å². The van der Waals surface area contributed by atoms with Gasteiger partial charge in [-0.2, -0.15) is 0 Å². The number of carbonyl (C=O) groups excluding carboxylic acids is 1. The highest BCUT2D eigenvalue weighted by atomic mass is 16.1. The van der Waals surface area contributed by atoms with Gasteiger partial charge < -0.3 is 20.9 Å². The molecule has 1 unspecified atom stereocenters. The number of benzene rings is 1. The van der Waals surface area contributed by atoms with E-state index >= 15 is 0 Å². The zero-order chi connectivity index (χ0) is 14.7. The zero-order valence-electron chi connectivity index (χ0n) is 12.5. The Kier molecular flexibility index (Phi) is 4.49. The normalized spacial score (nSPS) is 19.9. The average molecular weight is 276 g/mol. The summed E-state index contributed by atoms with van der Waals surface area (Å²) >= 11 is 0. The number of nitrogen functional groups attached to an aromatic ring is 1. The molecule has 1 aliphatic heterocycles. The summed E-state index contributed by atoms with van der Waals surface area (Å²) in [6.45, 7) is 7.74. The Balaban J connectivity index is 2.19. The molecule has 1 aliphatic rings. The third-order valence-corrected chi connectivity index (χ3v) is 3.77. The van der Waals surface area contributed by atoms with Crippen molar-refractivity contribution in [1.29, 1.82) is 0 Å². The van der Waals surface area contributed by atoms with Crippen molar-refractivity contribution in [3.05, 3.63) is 23.8 Å². The molecule has 110 valence electrons. The van der Waals surface area contributed by atoms with Crippen LogP contribution in [0.4, 0.5) is 11.4 Å². The third kappa shape index (κ3) is 3.04. The van der Waals surface area contributed by atoms with Gasteiger partial charge in [0, 0.05) is 37.8 Å². The van der Waals surface area contributed by atoms with E-state index in [9.17, 15) is 4.79 Å². The lowest BCUT2D eigenvalue weighted by Crippen LogP contribution is -2.50. The van der Waals surface area contributed by atoms with E-state index in [1.54, 1.807) is 6.07 Å². The van der Waals surface area contributed by atoms with Gasteiger partial charge >= 0.3 is 0 Å². The number of rotatable bonds is 3. The van der Waals surface area contributed by atoms with Crippen molar-refractivity contribution in [2.45, 2.75) is 19.9 Å². The third-order valence-electron chi connectivity index (χ3n) is 3.77. The second kappa shape index (κ2) is 6.13. The van der Waals surface area contributed by atoms with Crippen molar-refractivity contribution in [1.82, 2.24) is 10.2 Å². The molecule has 0 saturated carbocycles. The highest BCUT2D eigenvalue weighted by molar-refractivity contribution is 5.96. The first-order valence-electron chi connectivity index (χ1n) is 7.15. The second-order valence-electron chi connectivity index (χ2n) is 5.44. The summed E-state index contributed by atoms with van der Waals surface area (Å²) in [5.74, 6) is -0.0721. The van der Waals surface area contributed by atoms with E-state index in [0.29, 0.717) is 23.8 Å². The van der Waals surface area contributed by atoms with E-state index in [1.165, 1.54) is 0 Å². The number of likely N-dealkylation sites (N-methyl/N-ethyl adjacent to an activating group) is 1. The monoisotopic (exact) mass is 276 g/mol. The number of carbonyl (C=O) groups is 1. The van der Waals surface area contributed by atoms with Gasteiger partial charge in [0.2, 0.25) is 0 Å². The topological polar surface area (TPSA) is 61.6 Å². The van der Waals surface area contributed by atoms with Gasteiger partial charge in [-0.05, 0) is 39.1 Å². The van der Waals surface area contributed by atoms with Crippen LogP contribution in [-0.4, -0.2) is 50.1 Å². The lowest BCUT2D eigenvalue weighted by Gasteiger charge is -2.40. The molecule has 0 aromatic heterocycles. The molecule has 3 N–H and O–H groups in total. The Morgan fingerprint density at radius 2 is 2.20 bits per heavy atom. The molecule has 1 saturated heterocycles. The number of nitrogens with two attached hydrogens (primary N) is 1. The van der Waals surface area contributed by atoms with E-state index in [0.717, 1.165) is 25.3 Å². The van der Waals surface area contributed by atoms with Crippen LogP contribution in [0.2, 0.25) is 0 Å². The Bertz CT molecular complexity index is 489. The predicted molar refractivity (Wildman–Crippen MR) is 83.2 cm³/mol. The smallest absolute Gasteiger partial charge is 0.251 e. The molecule has 1 aromatic rings. The van der Waals surface area contributed by atoms with E-state index in [-0.39, 0.29) is 5.91 Å². The molecule has 0 radical (unpaired) electrons. The van der Waals surface area contributed by atoms with Crippen LogP contribution in [0.1, 0.15) is 24.2 Å². The van der Waals surface area contributed by atoms with Crippen molar-refractivity contribution < 1.29 is 4.79 Å². The lowest BCUT2D eigenvalue weighted by molar-refractivity contribution is 0.0956. The number of piperazine rings is 1. The Morgan fingerprint density at radius 1 is 1.45 bits per heavy atom. The van der Waals surface area contributed by atoms with Gasteiger partial charge in [0.1, 0.15) is 0 Å². The van der Waals surface area contributed by atoms with Crippen LogP contribution >= 0.6 is 0 Å². The second-order valence-corrected chi connectivity index (χ2v) is 5.44. The first-order chi connectivity index (χ1) is 9.52. The molecule has 2 rings (SSSR count). The van der Waals surface area contributed by atoms with Crippen LogP contribution in [0, 0.1) is 0 Å². The Morgan fingerprint density at radius 3 is 2.80 bits per heavy atom. The fourth-order valence-corrected chi connectivity index (χ4v) is 2.72. The molecular weight excluding hydrogens is 252 g/mol. The molecule has 1 fully saturated rings. The van der Waals surface area contributed by atoms with E-state index in [4.69, 9.17) is 5.73 Å². The summed E-state index contributed by atoms with van der Waals surface area (Å²) in [4.78, 5) is 16.4. The maximum atomic E-state index is 11.8. The maximum absolute atomic E-state index is 11.8. The molecule has 0 bridgehead atoms. The largest absolute Gasteiger partial charge is 0.397 e. The summed E-state index contributed by atoms with van der Waals surface area (Å²) in [7, 11) is 2.13. The number of hydrogen-bond donors (Lipinski definition) is 2. The van der Waals surface area contributed by atoms with Gasteiger partial charge in [-0.15, -0.1) is 0 Å². The molecule has 0 spiro atoms. The summed E-state index contributed by atoms with van der Waals surface area (Å²) in [5, 5.41) is 2.79. The fraction of sp³-hybridized carbons (Fsp3) is 0.533. The average Bonchev–Trinajstić information content (AvgIpc) is 2.40. The molecule has 20 heavy (non-hydrogen) atoms. The van der Waals surface area contributed by atoms with Gasteiger partial charge in [0.15, 0.2) is 0 Å². The van der Waals surface area contributed by atoms with Crippen molar-refractivity contribution in [2.75, 3.05) is 43.9 Å². The molecule has 0 aliphatic carbocycles. The van der Waals surface area contributed by atoms with Gasteiger partial charge in [-0.1, -0.05) is 0 Å². The molecule has 1 atom stereocenters. The summed E-state index contributed by atoms with van der Waals surface area (Å²) < 4.78 is 0. The highest BCUT2D eigenvalue weighted by Crippen LogP contribution is 2.27. The quantitative estimate of drug-likeness (QED) is 0.813. The zero-order valence-corrected chi connectivity index (χ0v) is 12.5. The standard InChI is InChI=1S/C15H24N4O/c1-4-17-15(20)12-5-6-14(13(16)9-12)19-8-7-18(3)10-11(19)2/h5-6,9,11H,4,7-8,10,16H2,1-3H3,(H,17,20). The minimum absolute atomic E-state index is 0.0721. The van der Waals surface area contributed by atoms with Gasteiger partial charge in [-0.25, -0.2) is 0 Å². The van der Waals surface area contributed by atoms with Crippen LogP contribution in [0.3, 0.4) is 0 Å². The number of hydrogen-bond acceptors (Lipinski definition) is 4. The van der Waals surface area contributed by atoms with Gasteiger partial charge in [-0.3, -0.25) is 4.79 Å². The molecule has 1 aromatic carbocycles. The molecule has 5 nitrogen and oxygen atoms in total. The fourth-order valence-electron chi connectivity index (χ4n) is 2.72. The van der Waals surface area contributed by atoms with Crippen LogP contribution in [0.15, 0.2) is 18.2 Å². The molecular formula is C15H24N4O. The summed E-state index contributed by atoms with van der Waals surface area (Å²) in [5.41, 5.74) is 8.47. The van der Waals surface area contributed by atoms with Gasteiger partial charge in [0.25, 0.3) is 5.91 Å². The summed E-state index contributed by atoms with van der Waals surface area (Å²) in [6, 6.07) is 6.00. The van der Waals surface area contributed by atoms with Crippen LogP contribution in [0.5, 0.6) is 0 Å². The number of nitrogens with one attached hydrogen (secondary N) is 1.